The van der Waals surface area contributed by atoms with Crippen molar-refractivity contribution in [3.05, 3.63) is 24.0 Å². The summed E-state index contributed by atoms with van der Waals surface area (Å²) in [4.78, 5) is 14.9. The lowest BCUT2D eigenvalue weighted by atomic mass is 9.79. The van der Waals surface area contributed by atoms with Crippen LogP contribution >= 0.6 is 0 Å². The van der Waals surface area contributed by atoms with Crippen molar-refractivity contribution in [3.63, 3.8) is 0 Å². The highest BCUT2D eigenvalue weighted by Crippen LogP contribution is 2.45. The number of likely N-dealkylation sites (tertiary alicyclic amines) is 1. The van der Waals surface area contributed by atoms with Crippen LogP contribution in [-0.2, 0) is 9.53 Å². The third kappa shape index (κ3) is 3.02. The summed E-state index contributed by atoms with van der Waals surface area (Å²) in [6.07, 6.45) is 7.01. The number of anilines is 1. The van der Waals surface area contributed by atoms with Gasteiger partial charge in [0.05, 0.1) is 23.7 Å². The van der Waals surface area contributed by atoms with E-state index in [9.17, 15) is 4.79 Å². The van der Waals surface area contributed by atoms with Gasteiger partial charge in [-0.25, -0.2) is 4.39 Å². The number of quaternary nitrogens is 1. The number of nitrogens with one attached hydrogen (secondary N) is 1. The fourth-order valence-corrected chi connectivity index (χ4v) is 6.85. The van der Waals surface area contributed by atoms with Gasteiger partial charge in [-0.05, 0) is 31.7 Å². The fraction of sp³-hybridized carbons (Fsp3) is 0.708. The molecule has 1 aromatic rings. The van der Waals surface area contributed by atoms with Gasteiger partial charge in [-0.2, -0.15) is 0 Å². The molecule has 1 spiro atoms. The summed E-state index contributed by atoms with van der Waals surface area (Å²) in [6, 6.07) is 6.83. The third-order valence-electron chi connectivity index (χ3n) is 8.54. The van der Waals surface area contributed by atoms with Gasteiger partial charge in [0, 0.05) is 64.2 Å². The molecule has 0 bridgehead atoms. The average Bonchev–Trinajstić information content (AvgIpc) is 3.50. The molecule has 4 heterocycles. The van der Waals surface area contributed by atoms with Crippen molar-refractivity contribution < 1.29 is 13.9 Å². The van der Waals surface area contributed by atoms with Crippen LogP contribution in [-0.4, -0.2) is 57.4 Å². The lowest BCUT2D eigenvalue weighted by Crippen LogP contribution is -2.60. The lowest BCUT2D eigenvalue weighted by Gasteiger charge is -2.44. The first-order valence-electron chi connectivity index (χ1n) is 11.9. The summed E-state index contributed by atoms with van der Waals surface area (Å²) in [7, 11) is 0. The molecule has 5 rings (SSSR count). The number of ether oxygens (including phenoxy) is 1. The Balaban J connectivity index is 1.46. The Bertz CT molecular complexity index is 804. The summed E-state index contributed by atoms with van der Waals surface area (Å²) in [5.74, 6) is -0.149. The van der Waals surface area contributed by atoms with Gasteiger partial charge in [0.25, 0.3) is 0 Å². The van der Waals surface area contributed by atoms with E-state index in [-0.39, 0.29) is 17.1 Å². The Labute approximate surface area is 179 Å². The van der Waals surface area contributed by atoms with E-state index >= 15 is 4.39 Å². The molecule has 0 aliphatic carbocycles. The van der Waals surface area contributed by atoms with Crippen LogP contribution in [0.4, 0.5) is 15.8 Å². The largest absolute Gasteiger partial charge is 0.381 e. The molecule has 3 atom stereocenters. The lowest BCUT2D eigenvalue weighted by molar-refractivity contribution is -0.130. The third-order valence-corrected chi connectivity index (χ3v) is 8.54. The van der Waals surface area contributed by atoms with Gasteiger partial charge >= 0.3 is 0 Å². The molecule has 30 heavy (non-hydrogen) atoms. The summed E-state index contributed by atoms with van der Waals surface area (Å²) in [5.41, 5.74) is 1.22. The second kappa shape index (κ2) is 7.88. The van der Waals surface area contributed by atoms with Gasteiger partial charge < -0.3 is 15.0 Å². The molecule has 4 fully saturated rings. The van der Waals surface area contributed by atoms with E-state index in [0.29, 0.717) is 37.5 Å². The predicted octanol–water partition coefficient (Wildman–Crippen LogP) is 3.60. The van der Waals surface area contributed by atoms with E-state index in [2.05, 4.69) is 18.3 Å². The zero-order valence-electron chi connectivity index (χ0n) is 18.2. The van der Waals surface area contributed by atoms with Crippen molar-refractivity contribution in [2.45, 2.75) is 64.0 Å². The van der Waals surface area contributed by atoms with E-state index in [1.807, 2.05) is 6.07 Å². The van der Waals surface area contributed by atoms with E-state index in [4.69, 9.17) is 4.74 Å². The molecule has 4 aliphatic rings. The van der Waals surface area contributed by atoms with Gasteiger partial charge in [-0.3, -0.25) is 9.28 Å². The second-order valence-corrected chi connectivity index (χ2v) is 9.74. The second-order valence-electron chi connectivity index (χ2n) is 9.74. The summed E-state index contributed by atoms with van der Waals surface area (Å²) in [6.45, 7) is 7.30. The van der Waals surface area contributed by atoms with Gasteiger partial charge in [0.15, 0.2) is 5.82 Å². The molecule has 1 aromatic carbocycles. The molecule has 1 amide bonds. The smallest absolute Gasteiger partial charge is 0.233 e. The molecule has 4 saturated heterocycles. The molecular formula is C24H35FN3O2+. The van der Waals surface area contributed by atoms with Crippen molar-refractivity contribution >= 4 is 17.3 Å². The summed E-state index contributed by atoms with van der Waals surface area (Å²) in [5, 5.41) is 3.53. The first-order valence-corrected chi connectivity index (χ1v) is 11.9. The standard InChI is InChI=1S/C24H35FN3O2/c1-2-18-4-3-13-28(18,20-7-11-26-17-20)19-5-6-22(21(25)16-19)27-12-8-24(23(27)29)9-14-30-15-10-24/h5-6,16,18,20,26H,2-4,7-15,17H2,1H3/q+1. The van der Waals surface area contributed by atoms with E-state index < -0.39 is 0 Å². The quantitative estimate of drug-likeness (QED) is 0.763. The van der Waals surface area contributed by atoms with Crippen LogP contribution in [0.2, 0.25) is 0 Å². The Morgan fingerprint density at radius 3 is 2.80 bits per heavy atom. The molecular weight excluding hydrogens is 381 g/mol. The normalized spacial score (nSPS) is 33.7. The number of rotatable bonds is 4. The van der Waals surface area contributed by atoms with Gasteiger partial charge in [-0.1, -0.05) is 6.92 Å². The SMILES string of the molecule is CCC1CCC[N+]1(c1ccc(N2CCC3(CCOCC3)C2=O)c(F)c1)C1CCNC1. The molecule has 0 radical (unpaired) electrons. The summed E-state index contributed by atoms with van der Waals surface area (Å²) < 4.78 is 21.9. The molecule has 1 N–H and O–H groups in total. The van der Waals surface area contributed by atoms with Crippen LogP contribution in [0.3, 0.4) is 0 Å². The van der Waals surface area contributed by atoms with Gasteiger partial charge in [0.1, 0.15) is 11.7 Å². The average molecular weight is 417 g/mol. The number of hydrogen-bond donors (Lipinski definition) is 1. The van der Waals surface area contributed by atoms with Crippen molar-refractivity contribution in [1.82, 2.24) is 9.80 Å². The fourth-order valence-electron chi connectivity index (χ4n) is 6.85. The maximum Gasteiger partial charge on any atom is 0.233 e. The number of benzene rings is 1. The predicted molar refractivity (Wildman–Crippen MR) is 117 cm³/mol. The Kier molecular flexibility index (Phi) is 5.36. The number of nitrogens with zero attached hydrogens (tertiary/aromatic N) is 2. The Hall–Kier alpha value is -1.50. The zero-order valence-corrected chi connectivity index (χ0v) is 18.2. The zero-order chi connectivity index (χ0) is 20.8. The number of amides is 1. The highest BCUT2D eigenvalue weighted by Gasteiger charge is 2.51. The van der Waals surface area contributed by atoms with Crippen molar-refractivity contribution in [2.75, 3.05) is 44.3 Å². The summed E-state index contributed by atoms with van der Waals surface area (Å²) >= 11 is 0. The maximum absolute atomic E-state index is 15.5. The van der Waals surface area contributed by atoms with Crippen molar-refractivity contribution in [1.29, 1.82) is 0 Å². The van der Waals surface area contributed by atoms with Crippen LogP contribution < -0.4 is 14.7 Å². The van der Waals surface area contributed by atoms with Crippen LogP contribution in [0.5, 0.6) is 0 Å². The molecule has 6 heteroatoms. The van der Waals surface area contributed by atoms with Crippen LogP contribution in [0.1, 0.15) is 51.9 Å². The Morgan fingerprint density at radius 2 is 2.10 bits per heavy atom. The van der Waals surface area contributed by atoms with Crippen LogP contribution in [0.25, 0.3) is 0 Å². The number of carbonyl (C=O) groups excluding carboxylic acids is 1. The molecule has 164 valence electrons. The highest BCUT2D eigenvalue weighted by atomic mass is 19.1. The number of carbonyl (C=O) groups is 1. The first kappa shape index (κ1) is 20.4. The minimum absolute atomic E-state index is 0.0916. The van der Waals surface area contributed by atoms with E-state index in [1.165, 1.54) is 12.8 Å². The van der Waals surface area contributed by atoms with Crippen LogP contribution in [0, 0.1) is 11.2 Å². The van der Waals surface area contributed by atoms with E-state index in [1.54, 1.807) is 11.0 Å². The van der Waals surface area contributed by atoms with Crippen LogP contribution in [0.15, 0.2) is 18.2 Å². The monoisotopic (exact) mass is 416 g/mol. The Morgan fingerprint density at radius 1 is 1.27 bits per heavy atom. The molecule has 5 nitrogen and oxygen atoms in total. The molecule has 3 unspecified atom stereocenters. The van der Waals surface area contributed by atoms with Crippen molar-refractivity contribution in [3.8, 4) is 0 Å². The first-order chi connectivity index (χ1) is 14.6. The van der Waals surface area contributed by atoms with Crippen molar-refractivity contribution in [2.24, 2.45) is 5.41 Å². The molecule has 4 aliphatic heterocycles. The number of halogens is 1. The van der Waals surface area contributed by atoms with E-state index in [0.717, 1.165) is 61.9 Å². The van der Waals surface area contributed by atoms with Gasteiger partial charge in [0.2, 0.25) is 5.91 Å². The highest BCUT2D eigenvalue weighted by molar-refractivity contribution is 6.00. The maximum atomic E-state index is 15.5. The minimum atomic E-state index is -0.338. The topological polar surface area (TPSA) is 41.6 Å². The molecule has 0 aromatic heterocycles. The van der Waals surface area contributed by atoms with Gasteiger partial charge in [-0.15, -0.1) is 0 Å². The molecule has 0 saturated carbocycles. The number of hydrogen-bond acceptors (Lipinski definition) is 3. The minimum Gasteiger partial charge on any atom is -0.381 e.